The van der Waals surface area contributed by atoms with E-state index in [0.29, 0.717) is 41.7 Å². The van der Waals surface area contributed by atoms with Crippen LogP contribution in [-0.4, -0.2) is 54.4 Å². The second-order valence-corrected chi connectivity index (χ2v) is 10.4. The lowest BCUT2D eigenvalue weighted by Gasteiger charge is -2.43. The first-order valence-corrected chi connectivity index (χ1v) is 12.8. The first-order valence-electron chi connectivity index (χ1n) is 12.1. The van der Waals surface area contributed by atoms with E-state index >= 15 is 0 Å². The van der Waals surface area contributed by atoms with Gasteiger partial charge in [-0.3, -0.25) is 9.59 Å². The van der Waals surface area contributed by atoms with Crippen LogP contribution in [0.5, 0.6) is 5.75 Å². The molecule has 34 heavy (non-hydrogen) atoms. The molecule has 1 atom stereocenters. The molecule has 5 nitrogen and oxygen atoms in total. The maximum atomic E-state index is 13.3. The van der Waals surface area contributed by atoms with Gasteiger partial charge in [-0.05, 0) is 74.9 Å². The summed E-state index contributed by atoms with van der Waals surface area (Å²) < 4.78 is 6.24. The number of halogens is 2. The largest absolute Gasteiger partial charge is 0.493 e. The second-order valence-electron chi connectivity index (χ2n) is 9.63. The zero-order valence-electron chi connectivity index (χ0n) is 19.7. The van der Waals surface area contributed by atoms with Crippen molar-refractivity contribution in [1.82, 2.24) is 9.80 Å². The number of hydrogen-bond donors (Lipinski definition) is 0. The van der Waals surface area contributed by atoms with Crippen LogP contribution in [-0.2, 0) is 4.79 Å². The maximum absolute atomic E-state index is 13.3. The highest BCUT2D eigenvalue weighted by molar-refractivity contribution is 6.33. The number of likely N-dealkylation sites (tertiary alicyclic amines) is 2. The monoisotopic (exact) mass is 502 g/mol. The van der Waals surface area contributed by atoms with E-state index in [1.807, 2.05) is 47.1 Å². The Bertz CT molecular complexity index is 1040. The molecule has 2 aromatic carbocycles. The van der Waals surface area contributed by atoms with Crippen LogP contribution in [0.4, 0.5) is 0 Å². The molecule has 2 aromatic rings. The lowest BCUT2D eigenvalue weighted by atomic mass is 9.77. The fourth-order valence-corrected chi connectivity index (χ4v) is 5.35. The Labute approximate surface area is 212 Å². The molecule has 2 saturated heterocycles. The van der Waals surface area contributed by atoms with Crippen molar-refractivity contribution in [1.29, 1.82) is 0 Å². The topological polar surface area (TPSA) is 49.9 Å². The molecule has 0 bridgehead atoms. The number of amides is 2. The Morgan fingerprint density at radius 1 is 0.941 bits per heavy atom. The predicted octanol–water partition coefficient (Wildman–Crippen LogP) is 6.01. The third kappa shape index (κ3) is 5.87. The van der Waals surface area contributed by atoms with Gasteiger partial charge in [0.1, 0.15) is 5.75 Å². The van der Waals surface area contributed by atoms with Crippen LogP contribution >= 0.6 is 23.2 Å². The summed E-state index contributed by atoms with van der Waals surface area (Å²) in [5.74, 6) is 0.784. The normalized spacial score (nSPS) is 20.8. The number of ether oxygens (including phenoxy) is 1. The minimum Gasteiger partial charge on any atom is -0.493 e. The summed E-state index contributed by atoms with van der Waals surface area (Å²) in [5, 5.41) is 1.14. The summed E-state index contributed by atoms with van der Waals surface area (Å²) in [6.45, 7) is 5.03. The van der Waals surface area contributed by atoms with Gasteiger partial charge in [-0.15, -0.1) is 0 Å². The van der Waals surface area contributed by atoms with Crippen molar-refractivity contribution in [2.75, 3.05) is 32.8 Å². The number of aryl methyl sites for hydroxylation is 1. The molecule has 0 spiro atoms. The standard InChI is InChI=1S/C27H32Cl2N2O3/c1-20-16-21(10-11-23(20)28)34-19-27(17-25(32)30-13-5-2-6-14-30)12-7-15-31(18-27)26(33)22-8-3-4-9-24(22)29/h3-4,8-11,16H,2,5-7,12-15,17-19H2,1H3/t27-/m0/s1. The SMILES string of the molecule is Cc1cc(OC[C@]2(CC(=O)N3CCCCC3)CCCN(C(=O)c3ccccc3Cl)C2)ccc1Cl. The van der Waals surface area contributed by atoms with Gasteiger partial charge < -0.3 is 14.5 Å². The summed E-state index contributed by atoms with van der Waals surface area (Å²) in [6, 6.07) is 12.7. The third-order valence-corrected chi connectivity index (χ3v) is 7.72. The summed E-state index contributed by atoms with van der Waals surface area (Å²) in [4.78, 5) is 30.5. The molecule has 0 saturated carbocycles. The van der Waals surface area contributed by atoms with E-state index in [0.717, 1.165) is 50.1 Å². The van der Waals surface area contributed by atoms with Gasteiger partial charge in [0.05, 0.1) is 17.2 Å². The van der Waals surface area contributed by atoms with Gasteiger partial charge in [-0.25, -0.2) is 0 Å². The van der Waals surface area contributed by atoms with Crippen molar-refractivity contribution >= 4 is 35.0 Å². The molecule has 0 aromatic heterocycles. The van der Waals surface area contributed by atoms with Gasteiger partial charge in [0.2, 0.25) is 5.91 Å². The third-order valence-electron chi connectivity index (χ3n) is 6.96. The highest BCUT2D eigenvalue weighted by Crippen LogP contribution is 2.37. The zero-order chi connectivity index (χ0) is 24.1. The van der Waals surface area contributed by atoms with Crippen LogP contribution < -0.4 is 4.74 Å². The van der Waals surface area contributed by atoms with Crippen molar-refractivity contribution in [3.05, 3.63) is 63.6 Å². The molecule has 182 valence electrons. The van der Waals surface area contributed by atoms with Crippen LogP contribution in [0.2, 0.25) is 10.0 Å². The van der Waals surface area contributed by atoms with Gasteiger partial charge in [-0.2, -0.15) is 0 Å². The fraction of sp³-hybridized carbons (Fsp3) is 0.481. The van der Waals surface area contributed by atoms with Gasteiger partial charge in [0.25, 0.3) is 5.91 Å². The average molecular weight is 503 g/mol. The minimum atomic E-state index is -0.461. The number of carbonyl (C=O) groups excluding carboxylic acids is 2. The molecule has 0 unspecified atom stereocenters. The van der Waals surface area contributed by atoms with Crippen LogP contribution in [0.25, 0.3) is 0 Å². The molecule has 2 amide bonds. The number of nitrogens with zero attached hydrogens (tertiary/aromatic N) is 2. The van der Waals surface area contributed by atoms with Crippen molar-refractivity contribution < 1.29 is 14.3 Å². The minimum absolute atomic E-state index is 0.0950. The molecule has 2 heterocycles. The first kappa shape index (κ1) is 24.9. The molecule has 4 rings (SSSR count). The van der Waals surface area contributed by atoms with E-state index < -0.39 is 5.41 Å². The number of hydrogen-bond acceptors (Lipinski definition) is 3. The Morgan fingerprint density at radius 2 is 1.68 bits per heavy atom. The number of rotatable bonds is 6. The predicted molar refractivity (Wildman–Crippen MR) is 136 cm³/mol. The highest BCUT2D eigenvalue weighted by Gasteiger charge is 2.41. The van der Waals surface area contributed by atoms with E-state index in [4.69, 9.17) is 27.9 Å². The molecular formula is C27H32Cl2N2O3. The molecule has 0 aliphatic carbocycles. The molecule has 0 radical (unpaired) electrons. The second kappa shape index (κ2) is 11.0. The molecular weight excluding hydrogens is 471 g/mol. The molecule has 2 fully saturated rings. The number of piperidine rings is 2. The average Bonchev–Trinajstić information content (AvgIpc) is 2.85. The Balaban J connectivity index is 1.55. The first-order chi connectivity index (χ1) is 16.4. The summed E-state index contributed by atoms with van der Waals surface area (Å²) in [5.41, 5.74) is 0.977. The van der Waals surface area contributed by atoms with Crippen molar-refractivity contribution in [2.45, 2.75) is 45.4 Å². The van der Waals surface area contributed by atoms with E-state index in [2.05, 4.69) is 0 Å². The Kier molecular flexibility index (Phi) is 8.05. The molecule has 2 aliphatic rings. The Hall–Kier alpha value is -2.24. The Morgan fingerprint density at radius 3 is 2.41 bits per heavy atom. The number of benzene rings is 2. The maximum Gasteiger partial charge on any atom is 0.255 e. The highest BCUT2D eigenvalue weighted by atomic mass is 35.5. The fourth-order valence-electron chi connectivity index (χ4n) is 5.02. The molecule has 2 aliphatic heterocycles. The lowest BCUT2D eigenvalue weighted by molar-refractivity contribution is -0.136. The summed E-state index contributed by atoms with van der Waals surface area (Å²) in [6.07, 6.45) is 5.28. The van der Waals surface area contributed by atoms with Gasteiger partial charge >= 0.3 is 0 Å². The smallest absolute Gasteiger partial charge is 0.255 e. The quantitative estimate of drug-likeness (QED) is 0.486. The summed E-state index contributed by atoms with van der Waals surface area (Å²) >= 11 is 12.5. The van der Waals surface area contributed by atoms with Crippen molar-refractivity contribution in [3.63, 3.8) is 0 Å². The van der Waals surface area contributed by atoms with Crippen molar-refractivity contribution in [2.24, 2.45) is 5.41 Å². The lowest BCUT2D eigenvalue weighted by Crippen LogP contribution is -2.51. The van der Waals surface area contributed by atoms with Crippen molar-refractivity contribution in [3.8, 4) is 5.75 Å². The van der Waals surface area contributed by atoms with Crippen LogP contribution in [0.1, 0.15) is 54.4 Å². The van der Waals surface area contributed by atoms with E-state index in [1.54, 1.807) is 12.1 Å². The van der Waals surface area contributed by atoms with Gasteiger partial charge in [0.15, 0.2) is 0 Å². The van der Waals surface area contributed by atoms with E-state index in [1.165, 1.54) is 6.42 Å². The molecule has 7 heteroatoms. The van der Waals surface area contributed by atoms with E-state index in [-0.39, 0.29) is 11.8 Å². The van der Waals surface area contributed by atoms with Crippen LogP contribution in [0.3, 0.4) is 0 Å². The zero-order valence-corrected chi connectivity index (χ0v) is 21.2. The molecule has 0 N–H and O–H groups in total. The van der Waals surface area contributed by atoms with Crippen LogP contribution in [0.15, 0.2) is 42.5 Å². The number of carbonyl (C=O) groups is 2. The van der Waals surface area contributed by atoms with E-state index in [9.17, 15) is 9.59 Å². The summed E-state index contributed by atoms with van der Waals surface area (Å²) in [7, 11) is 0. The van der Waals surface area contributed by atoms with Gasteiger partial charge in [-0.1, -0.05) is 35.3 Å². The van der Waals surface area contributed by atoms with Gasteiger partial charge in [0, 0.05) is 43.0 Å². The van der Waals surface area contributed by atoms with Crippen LogP contribution in [0, 0.1) is 12.3 Å².